The van der Waals surface area contributed by atoms with Gasteiger partial charge in [0.05, 0.1) is 0 Å². The Morgan fingerprint density at radius 3 is 1.51 bits per heavy atom. The fourth-order valence-corrected chi connectivity index (χ4v) is 11.2. The summed E-state index contributed by atoms with van der Waals surface area (Å²) in [6.45, 7) is 37.1. The van der Waals surface area contributed by atoms with Gasteiger partial charge in [0.15, 0.2) is 0 Å². The van der Waals surface area contributed by atoms with Gasteiger partial charge in [-0.05, 0) is 85.3 Å². The number of para-hydroxylation sites is 1. The molecule has 0 bridgehead atoms. The number of ether oxygens (including phenoxy) is 1. The summed E-state index contributed by atoms with van der Waals surface area (Å²) >= 11 is 0. The third-order valence-electron chi connectivity index (χ3n) is 15.9. The summed E-state index contributed by atoms with van der Waals surface area (Å²) in [4.78, 5) is 9.93. The van der Waals surface area contributed by atoms with Crippen molar-refractivity contribution in [3.63, 3.8) is 0 Å². The molecule has 0 spiro atoms. The third-order valence-corrected chi connectivity index (χ3v) is 15.9. The summed E-state index contributed by atoms with van der Waals surface area (Å²) in [6.07, 6.45) is 1.94. The van der Waals surface area contributed by atoms with Crippen LogP contribution in [0.1, 0.15) is 143 Å². The van der Waals surface area contributed by atoms with E-state index in [1.807, 2.05) is 12.3 Å². The second-order valence-electron chi connectivity index (χ2n) is 25.6. The second kappa shape index (κ2) is 20.3. The monoisotopic (exact) mass is 1190 g/mol. The van der Waals surface area contributed by atoms with Crippen LogP contribution in [0.25, 0.3) is 27.6 Å². The van der Waals surface area contributed by atoms with Crippen LogP contribution in [0.15, 0.2) is 187 Å². The molecular formula is C71H75N4OPt-3. The predicted octanol–water partition coefficient (Wildman–Crippen LogP) is 18.4. The van der Waals surface area contributed by atoms with E-state index >= 15 is 0 Å². The van der Waals surface area contributed by atoms with Crippen molar-refractivity contribution in [3.8, 4) is 17.3 Å². The number of aromatic nitrogens is 2. The first-order chi connectivity index (χ1) is 35.8. The molecule has 1 aliphatic heterocycles. The molecule has 0 saturated carbocycles. The Morgan fingerprint density at radius 2 is 0.961 bits per heavy atom. The number of nitrogens with zero attached hydrogens (tertiary/aromatic N) is 4. The fourth-order valence-electron chi connectivity index (χ4n) is 11.2. The zero-order valence-corrected chi connectivity index (χ0v) is 50.1. The van der Waals surface area contributed by atoms with E-state index in [1.165, 1.54) is 44.6 Å². The Kier molecular flexibility index (Phi) is 14.5. The summed E-state index contributed by atoms with van der Waals surface area (Å²) in [6, 6.07) is 69.0. The molecule has 2 aromatic heterocycles. The Balaban J connectivity index is 0.00000722. The van der Waals surface area contributed by atoms with Gasteiger partial charge in [-0.3, -0.25) is 0 Å². The van der Waals surface area contributed by atoms with Gasteiger partial charge in [0.2, 0.25) is 0 Å². The first-order valence-electron chi connectivity index (χ1n) is 27.0. The maximum atomic E-state index is 7.12. The molecule has 6 heteroatoms. The average Bonchev–Trinajstić information content (AvgIpc) is 4.08. The van der Waals surface area contributed by atoms with E-state index in [0.29, 0.717) is 11.5 Å². The van der Waals surface area contributed by atoms with Crippen LogP contribution in [0.4, 0.5) is 11.4 Å². The minimum absolute atomic E-state index is 0. The molecule has 0 saturated heterocycles. The molecule has 0 atom stereocenters. The summed E-state index contributed by atoms with van der Waals surface area (Å²) in [5.41, 5.74) is 13.4. The molecule has 10 rings (SSSR count). The third kappa shape index (κ3) is 10.3. The maximum absolute atomic E-state index is 7.12. The number of pyridine rings is 1. The van der Waals surface area contributed by atoms with E-state index in [0.717, 1.165) is 44.7 Å². The Labute approximate surface area is 474 Å². The molecule has 77 heavy (non-hydrogen) atoms. The van der Waals surface area contributed by atoms with E-state index in [-0.39, 0.29) is 42.7 Å². The molecule has 0 N–H and O–H groups in total. The molecule has 7 aromatic carbocycles. The Morgan fingerprint density at radius 1 is 0.442 bits per heavy atom. The molecule has 0 amide bonds. The minimum Gasteiger partial charge on any atom is -0.509 e. The van der Waals surface area contributed by atoms with Crippen molar-refractivity contribution >= 4 is 33.2 Å². The van der Waals surface area contributed by atoms with Crippen molar-refractivity contribution in [2.24, 2.45) is 0 Å². The Bertz CT molecular complexity index is 3590. The van der Waals surface area contributed by atoms with E-state index in [1.54, 1.807) is 0 Å². The van der Waals surface area contributed by atoms with E-state index in [9.17, 15) is 0 Å². The number of benzene rings is 7. The fraction of sp³-hybridized carbons (Fsp3) is 0.296. The normalized spacial score (nSPS) is 13.9. The molecular weight excluding hydrogens is 1120 g/mol. The van der Waals surface area contributed by atoms with Crippen molar-refractivity contribution in [2.75, 3.05) is 9.80 Å². The quantitative estimate of drug-likeness (QED) is 0.121. The molecule has 398 valence electrons. The van der Waals surface area contributed by atoms with Crippen LogP contribution in [-0.4, -0.2) is 9.55 Å². The van der Waals surface area contributed by atoms with Crippen LogP contribution < -0.4 is 14.5 Å². The number of hydrogen-bond acceptors (Lipinski definition) is 4. The predicted molar refractivity (Wildman–Crippen MR) is 319 cm³/mol. The number of fused-ring (bicyclic) bond motifs is 3. The average molecular weight is 1200 g/mol. The van der Waals surface area contributed by atoms with E-state index in [4.69, 9.17) is 9.72 Å². The Hall–Kier alpha value is -6.68. The zero-order chi connectivity index (χ0) is 54.2. The van der Waals surface area contributed by atoms with E-state index < -0.39 is 10.8 Å². The van der Waals surface area contributed by atoms with Gasteiger partial charge in [-0.2, -0.15) is 6.07 Å². The van der Waals surface area contributed by atoms with Gasteiger partial charge in [0.1, 0.15) is 5.82 Å². The van der Waals surface area contributed by atoms with Crippen LogP contribution in [0, 0.1) is 18.8 Å². The van der Waals surface area contributed by atoms with Crippen LogP contribution in [0.2, 0.25) is 0 Å². The number of allylic oxidation sites excluding steroid dienone is 2. The van der Waals surface area contributed by atoms with Crippen LogP contribution in [0.3, 0.4) is 0 Å². The van der Waals surface area contributed by atoms with Crippen molar-refractivity contribution in [2.45, 2.75) is 136 Å². The SMILES string of the molecule is CC(C)(C)c1cc(N2[CH-]N(c3[c-]c(Oc4[c-]c5c(c(C(C)(C)C)c4)c4ccccc4n5-c4cc(C(C)(C)c5ccccc5)ccn4)ccc3)C(C(C)(C)c3ccccc3)=C2C(C)(C)c2ccccc2)cc(C(C)(C)C)c1.[Pt]. The summed E-state index contributed by atoms with van der Waals surface area (Å²) < 4.78 is 9.38. The minimum atomic E-state index is -0.484. The van der Waals surface area contributed by atoms with Crippen LogP contribution in [-0.2, 0) is 53.6 Å². The summed E-state index contributed by atoms with van der Waals surface area (Å²) in [5, 5.41) is 2.30. The van der Waals surface area contributed by atoms with Gasteiger partial charge < -0.3 is 19.1 Å². The largest absolute Gasteiger partial charge is 0.509 e. The molecule has 0 aliphatic carbocycles. The van der Waals surface area contributed by atoms with E-state index in [2.05, 4.69) is 301 Å². The van der Waals surface area contributed by atoms with Crippen LogP contribution >= 0.6 is 0 Å². The van der Waals surface area contributed by atoms with Crippen molar-refractivity contribution in [1.82, 2.24) is 9.55 Å². The topological polar surface area (TPSA) is 33.5 Å². The molecule has 0 unspecified atom stereocenters. The van der Waals surface area contributed by atoms with Gasteiger partial charge in [-0.25, -0.2) is 4.98 Å². The summed E-state index contributed by atoms with van der Waals surface area (Å²) in [7, 11) is 0. The van der Waals surface area contributed by atoms with Gasteiger partial charge in [-0.1, -0.05) is 230 Å². The van der Waals surface area contributed by atoms with Gasteiger partial charge in [0.25, 0.3) is 0 Å². The van der Waals surface area contributed by atoms with Crippen LogP contribution in [0.5, 0.6) is 11.5 Å². The zero-order valence-electron chi connectivity index (χ0n) is 47.8. The van der Waals surface area contributed by atoms with Crippen molar-refractivity contribution < 1.29 is 25.8 Å². The summed E-state index contributed by atoms with van der Waals surface area (Å²) in [5.74, 6) is 2.04. The number of hydrogen-bond donors (Lipinski definition) is 0. The standard InChI is InChI=1S/C71H75N4O.Pt/c1-66(2,3)52-40-53(67(4,5)6)42-55(41-52)74-47-73(64(70(12,13)49-30-21-17-22-31-49)65(74)71(14,15)50-32-23-18-24-33-50)54-34-27-35-56(44-54)76-57-45-59(68(7,8)9)63-58-36-25-26-37-60(58)75(61(63)46-57)62-43-51(38-39-72-62)69(10,11)48-28-19-16-20-29-48;/h16-43,45,47H,1-15H3;/q-3;. The number of rotatable bonds is 11. The second-order valence-corrected chi connectivity index (χ2v) is 25.6. The maximum Gasteiger partial charge on any atom is 0.135 e. The first-order valence-corrected chi connectivity index (χ1v) is 27.0. The molecule has 0 radical (unpaired) electrons. The molecule has 3 heterocycles. The molecule has 5 nitrogen and oxygen atoms in total. The van der Waals surface area contributed by atoms with Gasteiger partial charge >= 0.3 is 0 Å². The van der Waals surface area contributed by atoms with Crippen molar-refractivity contribution in [1.29, 1.82) is 0 Å². The van der Waals surface area contributed by atoms with Gasteiger partial charge in [0, 0.05) is 77.6 Å². The number of anilines is 2. The molecule has 9 aromatic rings. The van der Waals surface area contributed by atoms with Gasteiger partial charge in [-0.15, -0.1) is 48.3 Å². The molecule has 0 fully saturated rings. The first kappa shape index (κ1) is 55.1. The molecule has 1 aliphatic rings. The smallest absolute Gasteiger partial charge is 0.135 e. The van der Waals surface area contributed by atoms with Crippen molar-refractivity contribution in [3.05, 3.63) is 245 Å².